The van der Waals surface area contributed by atoms with Crippen LogP contribution in [0.4, 0.5) is 10.8 Å². The molecule has 7 heteroatoms. The van der Waals surface area contributed by atoms with Gasteiger partial charge < -0.3 is 15.4 Å². The summed E-state index contributed by atoms with van der Waals surface area (Å²) in [5.41, 5.74) is 8.09. The number of hydrogen-bond donors (Lipinski definition) is 1. The molecule has 1 aliphatic heterocycles. The number of nitrogen functional groups attached to an aromatic ring is 1. The molecule has 0 bridgehead atoms. The van der Waals surface area contributed by atoms with Gasteiger partial charge in [-0.25, -0.2) is 4.98 Å². The molecule has 0 atom stereocenters. The van der Waals surface area contributed by atoms with Crippen LogP contribution in [0.5, 0.6) is 0 Å². The number of nitrogens with two attached hydrogens (primary N) is 1. The van der Waals surface area contributed by atoms with Crippen molar-refractivity contribution in [1.29, 1.82) is 0 Å². The molecule has 1 aliphatic rings. The lowest BCUT2D eigenvalue weighted by molar-refractivity contribution is 0.0820. The Balaban J connectivity index is 1.88. The summed E-state index contributed by atoms with van der Waals surface area (Å²) in [6.07, 6.45) is 2.47. The molecule has 0 aliphatic carbocycles. The summed E-state index contributed by atoms with van der Waals surface area (Å²) in [6.45, 7) is 3.97. The molecular formula is C13H18N4OS2. The first-order chi connectivity index (χ1) is 9.69. The Morgan fingerprint density at radius 2 is 2.15 bits per heavy atom. The number of thiazole rings is 1. The quantitative estimate of drug-likeness (QED) is 0.944. The SMILES string of the molecule is COC1CCN(c2snc(N)c2-c2nc(C)cs2)CC1. The highest BCUT2D eigenvalue weighted by molar-refractivity contribution is 7.15. The van der Waals surface area contributed by atoms with E-state index in [0.717, 1.165) is 47.2 Å². The largest absolute Gasteiger partial charge is 0.382 e. The van der Waals surface area contributed by atoms with E-state index in [0.29, 0.717) is 11.9 Å². The summed E-state index contributed by atoms with van der Waals surface area (Å²) in [5, 5.41) is 4.16. The Hall–Kier alpha value is -1.18. The van der Waals surface area contributed by atoms with Gasteiger partial charge in [0.15, 0.2) is 0 Å². The number of aromatic nitrogens is 2. The average Bonchev–Trinajstić information content (AvgIpc) is 3.05. The maximum absolute atomic E-state index is 6.06. The Kier molecular flexibility index (Phi) is 3.91. The zero-order valence-corrected chi connectivity index (χ0v) is 13.3. The van der Waals surface area contributed by atoms with Crippen LogP contribution in [0, 0.1) is 6.92 Å². The summed E-state index contributed by atoms with van der Waals surface area (Å²) in [7, 11) is 1.79. The monoisotopic (exact) mass is 310 g/mol. The van der Waals surface area contributed by atoms with E-state index in [4.69, 9.17) is 10.5 Å². The van der Waals surface area contributed by atoms with Crippen molar-refractivity contribution in [3.63, 3.8) is 0 Å². The smallest absolute Gasteiger partial charge is 0.149 e. The van der Waals surface area contributed by atoms with Gasteiger partial charge in [0.25, 0.3) is 0 Å². The highest BCUT2D eigenvalue weighted by Gasteiger charge is 2.25. The lowest BCUT2D eigenvalue weighted by Crippen LogP contribution is -2.36. The van der Waals surface area contributed by atoms with E-state index in [2.05, 4.69) is 14.3 Å². The molecule has 1 fully saturated rings. The van der Waals surface area contributed by atoms with Crippen LogP contribution in [-0.4, -0.2) is 35.7 Å². The molecule has 2 aromatic rings. The van der Waals surface area contributed by atoms with Crippen molar-refractivity contribution >= 4 is 33.7 Å². The number of ether oxygens (including phenoxy) is 1. The minimum Gasteiger partial charge on any atom is -0.382 e. The number of anilines is 2. The van der Waals surface area contributed by atoms with E-state index < -0.39 is 0 Å². The summed E-state index contributed by atoms with van der Waals surface area (Å²) in [6, 6.07) is 0. The Morgan fingerprint density at radius 1 is 1.40 bits per heavy atom. The first kappa shape index (κ1) is 13.8. The molecule has 1 saturated heterocycles. The third kappa shape index (κ3) is 2.53. The van der Waals surface area contributed by atoms with Crippen LogP contribution in [0.1, 0.15) is 18.5 Å². The number of nitrogens with zero attached hydrogens (tertiary/aromatic N) is 3. The topological polar surface area (TPSA) is 64.3 Å². The Bertz CT molecular complexity index is 587. The standard InChI is InChI=1S/C13H18N4OS2/c1-8-7-19-12(15-8)10-11(14)16-20-13(10)17-5-3-9(18-2)4-6-17/h7,9H,3-6H2,1-2H3,(H2,14,16). The molecule has 2 N–H and O–H groups in total. The number of aryl methyl sites for hydroxylation is 1. The van der Waals surface area contributed by atoms with Crippen LogP contribution >= 0.6 is 22.9 Å². The zero-order chi connectivity index (χ0) is 14.1. The molecule has 0 radical (unpaired) electrons. The molecule has 3 heterocycles. The number of piperidine rings is 1. The van der Waals surface area contributed by atoms with Crippen LogP contribution in [-0.2, 0) is 4.74 Å². The predicted octanol–water partition coefficient (Wildman–Crippen LogP) is 2.77. The molecular weight excluding hydrogens is 292 g/mol. The third-order valence-electron chi connectivity index (χ3n) is 3.60. The van der Waals surface area contributed by atoms with Crippen molar-refractivity contribution in [2.75, 3.05) is 30.8 Å². The number of hydrogen-bond acceptors (Lipinski definition) is 7. The molecule has 2 aromatic heterocycles. The summed E-state index contributed by atoms with van der Waals surface area (Å²) in [5.74, 6) is 0.591. The van der Waals surface area contributed by atoms with E-state index in [1.165, 1.54) is 11.5 Å². The fourth-order valence-electron chi connectivity index (χ4n) is 2.47. The number of rotatable bonds is 3. The van der Waals surface area contributed by atoms with Gasteiger partial charge in [0.1, 0.15) is 15.8 Å². The van der Waals surface area contributed by atoms with Crippen molar-refractivity contribution in [2.24, 2.45) is 0 Å². The van der Waals surface area contributed by atoms with E-state index in [1.807, 2.05) is 12.3 Å². The van der Waals surface area contributed by atoms with Gasteiger partial charge in [-0.3, -0.25) is 0 Å². The number of methoxy groups -OCH3 is 1. The second-order valence-electron chi connectivity index (χ2n) is 4.96. The van der Waals surface area contributed by atoms with E-state index >= 15 is 0 Å². The predicted molar refractivity (Wildman–Crippen MR) is 84.6 cm³/mol. The van der Waals surface area contributed by atoms with Gasteiger partial charge in [0.05, 0.1) is 11.7 Å². The molecule has 3 rings (SSSR count). The maximum atomic E-state index is 6.06. The molecule has 0 amide bonds. The van der Waals surface area contributed by atoms with E-state index in [1.54, 1.807) is 18.4 Å². The van der Waals surface area contributed by atoms with E-state index in [9.17, 15) is 0 Å². The minimum absolute atomic E-state index is 0.377. The second kappa shape index (κ2) is 5.67. The highest BCUT2D eigenvalue weighted by atomic mass is 32.1. The normalized spacial score (nSPS) is 16.8. The van der Waals surface area contributed by atoms with Crippen LogP contribution in [0.2, 0.25) is 0 Å². The molecule has 0 saturated carbocycles. The fraction of sp³-hybridized carbons (Fsp3) is 0.538. The zero-order valence-electron chi connectivity index (χ0n) is 11.6. The lowest BCUT2D eigenvalue weighted by Gasteiger charge is -2.32. The first-order valence-corrected chi connectivity index (χ1v) is 8.29. The van der Waals surface area contributed by atoms with Gasteiger partial charge in [0, 0.05) is 31.3 Å². The van der Waals surface area contributed by atoms with Gasteiger partial charge >= 0.3 is 0 Å². The van der Waals surface area contributed by atoms with Crippen LogP contribution in [0.15, 0.2) is 5.38 Å². The summed E-state index contributed by atoms with van der Waals surface area (Å²) >= 11 is 3.10. The van der Waals surface area contributed by atoms with Crippen molar-refractivity contribution in [1.82, 2.24) is 9.36 Å². The minimum atomic E-state index is 0.377. The van der Waals surface area contributed by atoms with Gasteiger partial charge in [-0.15, -0.1) is 11.3 Å². The van der Waals surface area contributed by atoms with Crippen molar-refractivity contribution in [3.8, 4) is 10.6 Å². The molecule has 108 valence electrons. The lowest BCUT2D eigenvalue weighted by atomic mass is 10.1. The Labute approximate surface area is 126 Å². The van der Waals surface area contributed by atoms with Crippen LogP contribution < -0.4 is 10.6 Å². The van der Waals surface area contributed by atoms with Gasteiger partial charge in [-0.1, -0.05) is 0 Å². The molecule has 0 unspecified atom stereocenters. The second-order valence-corrected chi connectivity index (χ2v) is 6.57. The summed E-state index contributed by atoms with van der Waals surface area (Å²) < 4.78 is 9.75. The summed E-state index contributed by atoms with van der Waals surface area (Å²) in [4.78, 5) is 6.91. The van der Waals surface area contributed by atoms with Gasteiger partial charge in [-0.2, -0.15) is 4.37 Å². The van der Waals surface area contributed by atoms with E-state index in [-0.39, 0.29) is 0 Å². The highest BCUT2D eigenvalue weighted by Crippen LogP contribution is 2.41. The van der Waals surface area contributed by atoms with Crippen LogP contribution in [0.3, 0.4) is 0 Å². The van der Waals surface area contributed by atoms with Crippen molar-refractivity contribution in [2.45, 2.75) is 25.9 Å². The first-order valence-electron chi connectivity index (χ1n) is 6.64. The third-order valence-corrected chi connectivity index (χ3v) is 5.50. The fourth-order valence-corrected chi connectivity index (χ4v) is 4.26. The van der Waals surface area contributed by atoms with Gasteiger partial charge in [-0.05, 0) is 31.3 Å². The van der Waals surface area contributed by atoms with Crippen LogP contribution in [0.25, 0.3) is 10.6 Å². The Morgan fingerprint density at radius 3 is 2.75 bits per heavy atom. The average molecular weight is 310 g/mol. The molecule has 0 aromatic carbocycles. The molecule has 5 nitrogen and oxygen atoms in total. The molecule has 20 heavy (non-hydrogen) atoms. The maximum Gasteiger partial charge on any atom is 0.149 e. The van der Waals surface area contributed by atoms with Crippen molar-refractivity contribution in [3.05, 3.63) is 11.1 Å². The molecule has 0 spiro atoms. The van der Waals surface area contributed by atoms with Crippen molar-refractivity contribution < 1.29 is 4.74 Å². The van der Waals surface area contributed by atoms with Gasteiger partial charge in [0.2, 0.25) is 0 Å².